The first-order valence-electron chi connectivity index (χ1n) is 6.13. The van der Waals surface area contributed by atoms with E-state index in [1.807, 2.05) is 39.0 Å². The number of benzene rings is 1. The van der Waals surface area contributed by atoms with Gasteiger partial charge in [-0.25, -0.2) is 0 Å². The lowest BCUT2D eigenvalue weighted by molar-refractivity contribution is -0.123. The van der Waals surface area contributed by atoms with Gasteiger partial charge < -0.3 is 15.2 Å². The van der Waals surface area contributed by atoms with Gasteiger partial charge in [0.25, 0.3) is 5.91 Å². The smallest absolute Gasteiger partial charge is 0.258 e. The second kappa shape index (κ2) is 7.01. The van der Waals surface area contributed by atoms with E-state index in [4.69, 9.17) is 9.84 Å². The molecule has 0 spiro atoms. The molecule has 0 saturated heterocycles. The fraction of sp³-hybridized carbons (Fsp3) is 0.500. The largest absolute Gasteiger partial charge is 0.484 e. The van der Waals surface area contributed by atoms with Crippen LogP contribution in [0.15, 0.2) is 18.2 Å². The van der Waals surface area contributed by atoms with Crippen LogP contribution < -0.4 is 10.1 Å². The molecular weight excluding hydrogens is 230 g/mol. The Balaban J connectivity index is 2.40. The Morgan fingerprint density at radius 3 is 2.72 bits per heavy atom. The third-order valence-corrected chi connectivity index (χ3v) is 2.82. The summed E-state index contributed by atoms with van der Waals surface area (Å²) in [6.45, 7) is 5.95. The zero-order chi connectivity index (χ0) is 13.5. The Kier molecular flexibility index (Phi) is 5.65. The minimum Gasteiger partial charge on any atom is -0.484 e. The van der Waals surface area contributed by atoms with Crippen LogP contribution in [0, 0.1) is 13.8 Å². The van der Waals surface area contributed by atoms with E-state index in [9.17, 15) is 4.79 Å². The average Bonchev–Trinajstić information content (AvgIpc) is 2.31. The number of ether oxygens (including phenoxy) is 1. The Labute approximate surface area is 108 Å². The third kappa shape index (κ3) is 4.75. The van der Waals surface area contributed by atoms with E-state index in [2.05, 4.69) is 5.32 Å². The van der Waals surface area contributed by atoms with Crippen molar-refractivity contribution in [1.82, 2.24) is 5.32 Å². The maximum Gasteiger partial charge on any atom is 0.258 e. The van der Waals surface area contributed by atoms with Gasteiger partial charge in [0.2, 0.25) is 0 Å². The Morgan fingerprint density at radius 2 is 2.11 bits per heavy atom. The quantitative estimate of drug-likeness (QED) is 0.807. The monoisotopic (exact) mass is 251 g/mol. The molecule has 0 aliphatic rings. The predicted molar refractivity (Wildman–Crippen MR) is 70.7 cm³/mol. The van der Waals surface area contributed by atoms with Crippen molar-refractivity contribution in [3.8, 4) is 5.75 Å². The van der Waals surface area contributed by atoms with Gasteiger partial charge in [-0.15, -0.1) is 0 Å². The summed E-state index contributed by atoms with van der Waals surface area (Å²) in [6, 6.07) is 5.70. The molecule has 18 heavy (non-hydrogen) atoms. The number of aryl methyl sites for hydroxylation is 2. The lowest BCUT2D eigenvalue weighted by atomic mass is 10.1. The van der Waals surface area contributed by atoms with E-state index in [0.717, 1.165) is 5.56 Å². The van der Waals surface area contributed by atoms with Gasteiger partial charge in [-0.3, -0.25) is 4.79 Å². The highest BCUT2D eigenvalue weighted by atomic mass is 16.5. The molecule has 0 aliphatic carbocycles. The van der Waals surface area contributed by atoms with Gasteiger partial charge in [0, 0.05) is 12.6 Å². The molecule has 0 bridgehead atoms. The van der Waals surface area contributed by atoms with Crippen LogP contribution in [0.4, 0.5) is 0 Å². The van der Waals surface area contributed by atoms with Gasteiger partial charge >= 0.3 is 0 Å². The van der Waals surface area contributed by atoms with Gasteiger partial charge in [-0.2, -0.15) is 0 Å². The lowest BCUT2D eigenvalue weighted by Crippen LogP contribution is -2.36. The fourth-order valence-electron chi connectivity index (χ4n) is 1.53. The van der Waals surface area contributed by atoms with Crippen LogP contribution in [0.2, 0.25) is 0 Å². The molecule has 1 aromatic rings. The van der Waals surface area contributed by atoms with E-state index in [1.54, 1.807) is 0 Å². The Hall–Kier alpha value is -1.55. The van der Waals surface area contributed by atoms with Crippen molar-refractivity contribution in [2.75, 3.05) is 13.2 Å². The summed E-state index contributed by atoms with van der Waals surface area (Å²) in [4.78, 5) is 11.5. The summed E-state index contributed by atoms with van der Waals surface area (Å²) in [5, 5.41) is 11.5. The predicted octanol–water partition coefficient (Wildman–Crippen LogP) is 1.57. The topological polar surface area (TPSA) is 58.6 Å². The molecule has 4 heteroatoms. The lowest BCUT2D eigenvalue weighted by Gasteiger charge is -2.13. The van der Waals surface area contributed by atoms with Crippen LogP contribution >= 0.6 is 0 Å². The minimum atomic E-state index is -0.172. The maximum atomic E-state index is 11.5. The molecule has 2 N–H and O–H groups in total. The van der Waals surface area contributed by atoms with Gasteiger partial charge in [0.05, 0.1) is 0 Å². The number of rotatable bonds is 6. The van der Waals surface area contributed by atoms with Crippen LogP contribution in [-0.4, -0.2) is 30.3 Å². The molecule has 1 rings (SSSR count). The van der Waals surface area contributed by atoms with E-state index in [1.165, 1.54) is 5.56 Å². The first-order chi connectivity index (χ1) is 8.52. The molecule has 4 nitrogen and oxygen atoms in total. The minimum absolute atomic E-state index is 0.00172. The normalized spacial score (nSPS) is 12.0. The van der Waals surface area contributed by atoms with Crippen LogP contribution in [0.25, 0.3) is 0 Å². The summed E-state index contributed by atoms with van der Waals surface area (Å²) in [6.07, 6.45) is 0.551. The van der Waals surface area contributed by atoms with Crippen molar-refractivity contribution >= 4 is 5.91 Å². The SMILES string of the molecule is Cc1ccc(OCC(=O)NC(C)CCO)cc1C. The van der Waals surface area contributed by atoms with Crippen molar-refractivity contribution in [1.29, 1.82) is 0 Å². The second-order valence-electron chi connectivity index (χ2n) is 4.52. The molecule has 1 aromatic carbocycles. The zero-order valence-electron chi connectivity index (χ0n) is 11.2. The molecule has 0 saturated carbocycles. The Bertz CT molecular complexity index is 404. The van der Waals surface area contributed by atoms with Gasteiger partial charge in [0.1, 0.15) is 5.75 Å². The summed E-state index contributed by atoms with van der Waals surface area (Å²) >= 11 is 0. The van der Waals surface area contributed by atoms with Crippen molar-refractivity contribution in [2.45, 2.75) is 33.2 Å². The van der Waals surface area contributed by atoms with Gasteiger partial charge in [0.15, 0.2) is 6.61 Å². The number of amides is 1. The molecular formula is C14H21NO3. The number of carbonyl (C=O) groups excluding carboxylic acids is 1. The molecule has 1 amide bonds. The van der Waals surface area contributed by atoms with Crippen LogP contribution in [-0.2, 0) is 4.79 Å². The van der Waals surface area contributed by atoms with Crippen molar-refractivity contribution in [3.05, 3.63) is 29.3 Å². The number of hydrogen-bond donors (Lipinski definition) is 2. The molecule has 0 aromatic heterocycles. The number of hydrogen-bond acceptors (Lipinski definition) is 3. The van der Waals surface area contributed by atoms with Gasteiger partial charge in [-0.1, -0.05) is 6.07 Å². The van der Waals surface area contributed by atoms with E-state index < -0.39 is 0 Å². The molecule has 1 unspecified atom stereocenters. The van der Waals surface area contributed by atoms with E-state index in [0.29, 0.717) is 12.2 Å². The van der Waals surface area contributed by atoms with Gasteiger partial charge in [-0.05, 0) is 50.5 Å². The number of aliphatic hydroxyl groups is 1. The highest BCUT2D eigenvalue weighted by molar-refractivity contribution is 5.77. The standard InChI is InChI=1S/C14H21NO3/c1-10-4-5-13(8-11(10)2)18-9-14(17)15-12(3)6-7-16/h4-5,8,12,16H,6-7,9H2,1-3H3,(H,15,17). The number of carbonyl (C=O) groups is 1. The highest BCUT2D eigenvalue weighted by Gasteiger charge is 2.07. The summed E-state index contributed by atoms with van der Waals surface area (Å²) < 4.78 is 5.41. The van der Waals surface area contributed by atoms with Crippen molar-refractivity contribution in [2.24, 2.45) is 0 Å². The molecule has 0 radical (unpaired) electrons. The maximum absolute atomic E-state index is 11.5. The Morgan fingerprint density at radius 1 is 1.39 bits per heavy atom. The molecule has 0 heterocycles. The molecule has 100 valence electrons. The number of aliphatic hydroxyl groups excluding tert-OH is 1. The van der Waals surface area contributed by atoms with E-state index >= 15 is 0 Å². The van der Waals surface area contributed by atoms with Crippen LogP contribution in [0.1, 0.15) is 24.5 Å². The van der Waals surface area contributed by atoms with Crippen molar-refractivity contribution in [3.63, 3.8) is 0 Å². The first kappa shape index (κ1) is 14.5. The van der Waals surface area contributed by atoms with Crippen LogP contribution in [0.5, 0.6) is 5.75 Å². The first-order valence-corrected chi connectivity index (χ1v) is 6.13. The van der Waals surface area contributed by atoms with Crippen LogP contribution in [0.3, 0.4) is 0 Å². The fourth-order valence-corrected chi connectivity index (χ4v) is 1.53. The van der Waals surface area contributed by atoms with Crippen molar-refractivity contribution < 1.29 is 14.6 Å². The highest BCUT2D eigenvalue weighted by Crippen LogP contribution is 2.16. The number of nitrogens with one attached hydrogen (secondary N) is 1. The zero-order valence-corrected chi connectivity index (χ0v) is 11.2. The molecule has 1 atom stereocenters. The molecule has 0 fully saturated rings. The summed E-state index contributed by atoms with van der Waals surface area (Å²) in [5.41, 5.74) is 2.34. The molecule has 0 aliphatic heterocycles. The third-order valence-electron chi connectivity index (χ3n) is 2.82. The summed E-state index contributed by atoms with van der Waals surface area (Å²) in [5.74, 6) is 0.525. The van der Waals surface area contributed by atoms with E-state index in [-0.39, 0.29) is 25.2 Å². The average molecular weight is 251 g/mol. The summed E-state index contributed by atoms with van der Waals surface area (Å²) in [7, 11) is 0. The second-order valence-corrected chi connectivity index (χ2v) is 4.52.